The second kappa shape index (κ2) is 7.16. The van der Waals surface area contributed by atoms with Crippen LogP contribution in [0.15, 0.2) is 40.3 Å². The number of fused-ring (bicyclic) bond motifs is 1. The summed E-state index contributed by atoms with van der Waals surface area (Å²) in [6.45, 7) is 4.06. The predicted molar refractivity (Wildman–Crippen MR) is 99.6 cm³/mol. The molecule has 2 atom stereocenters. The zero-order valence-electron chi connectivity index (χ0n) is 14.8. The van der Waals surface area contributed by atoms with E-state index in [4.69, 9.17) is 0 Å². The van der Waals surface area contributed by atoms with E-state index in [-0.39, 0.29) is 16.3 Å². The number of hydrogen-bond acceptors (Lipinski definition) is 6. The monoisotopic (exact) mass is 378 g/mol. The molecule has 1 aromatic carbocycles. The molecule has 0 radical (unpaired) electrons. The van der Waals surface area contributed by atoms with Crippen molar-refractivity contribution >= 4 is 27.1 Å². The Hall–Kier alpha value is -2.26. The average Bonchev–Trinajstić information content (AvgIpc) is 2.96. The van der Waals surface area contributed by atoms with Gasteiger partial charge in [-0.2, -0.15) is 9.41 Å². The Morgan fingerprint density at radius 3 is 2.69 bits per heavy atom. The third-order valence-electron chi connectivity index (χ3n) is 4.99. The summed E-state index contributed by atoms with van der Waals surface area (Å²) < 4.78 is 26.4. The zero-order valence-corrected chi connectivity index (χ0v) is 15.6. The van der Waals surface area contributed by atoms with E-state index in [0.717, 1.165) is 24.6 Å². The van der Waals surface area contributed by atoms with Gasteiger partial charge < -0.3 is 0 Å². The molecule has 140 valence electrons. The average molecular weight is 378 g/mol. The van der Waals surface area contributed by atoms with E-state index in [0.29, 0.717) is 24.9 Å². The summed E-state index contributed by atoms with van der Waals surface area (Å²) in [5.41, 5.74) is 3.64. The summed E-state index contributed by atoms with van der Waals surface area (Å²) >= 11 is 0. The minimum atomic E-state index is -3.75. The minimum Gasteiger partial charge on any atom is -0.272 e. The van der Waals surface area contributed by atoms with Crippen LogP contribution in [0, 0.1) is 22.0 Å². The molecule has 0 spiro atoms. The molecule has 0 heterocycles. The molecule has 2 aliphatic carbocycles. The number of hydrogen-bond donors (Lipinski definition) is 1. The Bertz CT molecular complexity index is 875. The van der Waals surface area contributed by atoms with Gasteiger partial charge in [0, 0.05) is 30.8 Å². The van der Waals surface area contributed by atoms with Gasteiger partial charge >= 0.3 is 0 Å². The highest BCUT2D eigenvalue weighted by atomic mass is 32.2. The molecule has 2 aliphatic rings. The minimum absolute atomic E-state index is 0.0881. The lowest BCUT2D eigenvalue weighted by Gasteiger charge is -2.31. The fourth-order valence-corrected chi connectivity index (χ4v) is 4.90. The summed E-state index contributed by atoms with van der Waals surface area (Å²) in [6, 6.07) is 3.88. The van der Waals surface area contributed by atoms with Crippen molar-refractivity contribution in [3.63, 3.8) is 0 Å². The lowest BCUT2D eigenvalue weighted by atomic mass is 9.74. The van der Waals surface area contributed by atoms with Gasteiger partial charge in [0.05, 0.1) is 9.82 Å². The molecule has 3 rings (SSSR count). The Morgan fingerprint density at radius 2 is 2.08 bits per heavy atom. The second-order valence-electron chi connectivity index (χ2n) is 6.38. The molecule has 0 saturated heterocycles. The molecule has 0 aliphatic heterocycles. The quantitative estimate of drug-likeness (QED) is 0.446. The molecular formula is C17H22N4O4S. The molecular weight excluding hydrogens is 356 g/mol. The van der Waals surface area contributed by atoms with Gasteiger partial charge in [0.2, 0.25) is 10.0 Å². The van der Waals surface area contributed by atoms with Crippen molar-refractivity contribution in [1.29, 1.82) is 0 Å². The van der Waals surface area contributed by atoms with E-state index >= 15 is 0 Å². The molecule has 1 saturated carbocycles. The molecule has 0 amide bonds. The number of nitro benzene ring substituents is 1. The first kappa shape index (κ1) is 18.5. The van der Waals surface area contributed by atoms with E-state index in [1.54, 1.807) is 13.8 Å². The number of nitrogens with zero attached hydrogens (tertiary/aromatic N) is 3. The standard InChI is InChI=1S/C17H22N4O4S/c1-3-20(4-2)26(24,25)13-8-9-15(17(11-13)21(22)23)18-19-16-10-12-6-5-7-14(12)16/h5-6,8-9,11-12,14,18H,3-4,7,10H2,1-2H3/b19-16-/t12-,14+/m1/s1. The van der Waals surface area contributed by atoms with Crippen LogP contribution in [-0.2, 0) is 10.0 Å². The number of hydrazone groups is 1. The molecule has 0 aromatic heterocycles. The van der Waals surface area contributed by atoms with Crippen molar-refractivity contribution in [1.82, 2.24) is 4.31 Å². The van der Waals surface area contributed by atoms with Gasteiger partial charge in [-0.25, -0.2) is 8.42 Å². The van der Waals surface area contributed by atoms with Crippen LogP contribution in [0.2, 0.25) is 0 Å². The van der Waals surface area contributed by atoms with Crippen molar-refractivity contribution in [3.05, 3.63) is 40.5 Å². The number of allylic oxidation sites excluding steroid dienone is 2. The Balaban J connectivity index is 1.86. The summed E-state index contributed by atoms with van der Waals surface area (Å²) in [4.78, 5) is 10.7. The van der Waals surface area contributed by atoms with Gasteiger partial charge in [0.15, 0.2) is 0 Å². The van der Waals surface area contributed by atoms with E-state index in [1.165, 1.54) is 16.4 Å². The van der Waals surface area contributed by atoms with Gasteiger partial charge in [0.1, 0.15) is 5.69 Å². The first-order valence-electron chi connectivity index (χ1n) is 8.66. The molecule has 9 heteroatoms. The number of benzene rings is 1. The van der Waals surface area contributed by atoms with Crippen molar-refractivity contribution in [2.75, 3.05) is 18.5 Å². The van der Waals surface area contributed by atoms with Crippen LogP contribution in [-0.4, -0.2) is 36.4 Å². The maximum Gasteiger partial charge on any atom is 0.295 e. The fraction of sp³-hybridized carbons (Fsp3) is 0.471. The van der Waals surface area contributed by atoms with E-state index < -0.39 is 14.9 Å². The van der Waals surface area contributed by atoms with E-state index in [1.807, 2.05) is 0 Å². The SMILES string of the molecule is CCN(CC)S(=O)(=O)c1ccc(N/N=C2/C[C@H]3C=CC[C@H]23)c([N+](=O)[O-])c1. The zero-order chi connectivity index (χ0) is 18.9. The van der Waals surface area contributed by atoms with Crippen molar-refractivity contribution in [2.45, 2.75) is 31.6 Å². The molecule has 0 unspecified atom stereocenters. The van der Waals surface area contributed by atoms with Crippen molar-refractivity contribution in [2.24, 2.45) is 16.9 Å². The predicted octanol–water partition coefficient (Wildman–Crippen LogP) is 2.99. The lowest BCUT2D eigenvalue weighted by Crippen LogP contribution is -2.33. The van der Waals surface area contributed by atoms with Gasteiger partial charge in [0.25, 0.3) is 5.69 Å². The third-order valence-corrected chi connectivity index (χ3v) is 7.04. The van der Waals surface area contributed by atoms with E-state index in [2.05, 4.69) is 22.7 Å². The highest BCUT2D eigenvalue weighted by Gasteiger charge is 2.38. The van der Waals surface area contributed by atoms with Crippen molar-refractivity contribution < 1.29 is 13.3 Å². The normalized spacial score (nSPS) is 23.1. The van der Waals surface area contributed by atoms with Crippen LogP contribution >= 0.6 is 0 Å². The molecule has 26 heavy (non-hydrogen) atoms. The van der Waals surface area contributed by atoms with Gasteiger partial charge in [-0.05, 0) is 30.9 Å². The molecule has 8 nitrogen and oxygen atoms in total. The molecule has 0 bridgehead atoms. The van der Waals surface area contributed by atoms with Crippen LogP contribution in [0.1, 0.15) is 26.7 Å². The van der Waals surface area contributed by atoms with Gasteiger partial charge in [-0.3, -0.25) is 15.5 Å². The summed E-state index contributed by atoms with van der Waals surface area (Å²) in [7, 11) is -3.75. The largest absolute Gasteiger partial charge is 0.295 e. The van der Waals surface area contributed by atoms with Crippen LogP contribution in [0.3, 0.4) is 0 Å². The summed E-state index contributed by atoms with van der Waals surface area (Å²) in [6.07, 6.45) is 6.12. The number of anilines is 1. The maximum absolute atomic E-state index is 12.6. The van der Waals surface area contributed by atoms with Crippen molar-refractivity contribution in [3.8, 4) is 0 Å². The van der Waals surface area contributed by atoms with Crippen LogP contribution in [0.4, 0.5) is 11.4 Å². The Morgan fingerprint density at radius 1 is 1.35 bits per heavy atom. The van der Waals surface area contributed by atoms with Crippen LogP contribution < -0.4 is 5.43 Å². The van der Waals surface area contributed by atoms with Gasteiger partial charge in [-0.15, -0.1) is 0 Å². The first-order chi connectivity index (χ1) is 12.4. The highest BCUT2D eigenvalue weighted by molar-refractivity contribution is 7.89. The molecule has 1 N–H and O–H groups in total. The smallest absolute Gasteiger partial charge is 0.272 e. The third kappa shape index (κ3) is 3.24. The lowest BCUT2D eigenvalue weighted by molar-refractivity contribution is -0.384. The molecule has 1 fully saturated rings. The number of rotatable bonds is 7. The van der Waals surface area contributed by atoms with Crippen LogP contribution in [0.25, 0.3) is 0 Å². The van der Waals surface area contributed by atoms with Crippen LogP contribution in [0.5, 0.6) is 0 Å². The Kier molecular flexibility index (Phi) is 5.10. The highest BCUT2D eigenvalue weighted by Crippen LogP contribution is 2.40. The first-order valence-corrected chi connectivity index (χ1v) is 10.1. The van der Waals surface area contributed by atoms with E-state index in [9.17, 15) is 18.5 Å². The fourth-order valence-electron chi connectivity index (χ4n) is 3.43. The summed E-state index contributed by atoms with van der Waals surface area (Å²) in [5, 5.41) is 15.7. The second-order valence-corrected chi connectivity index (χ2v) is 8.32. The number of sulfonamides is 1. The molecule has 1 aromatic rings. The maximum atomic E-state index is 12.6. The number of nitrogens with one attached hydrogen (secondary N) is 1. The Labute approximate surface area is 152 Å². The summed E-state index contributed by atoms with van der Waals surface area (Å²) in [5.74, 6) is 0.927. The van der Waals surface area contributed by atoms with Gasteiger partial charge in [-0.1, -0.05) is 26.0 Å². The topological polar surface area (TPSA) is 105 Å². The number of nitro groups is 1.